The average molecular weight is 275 g/mol. The van der Waals surface area contributed by atoms with Crippen LogP contribution < -0.4 is 5.32 Å². The maximum Gasteiger partial charge on any atom is 0.303 e. The molecule has 0 aromatic heterocycles. The summed E-state index contributed by atoms with van der Waals surface area (Å²) >= 11 is 1.86. The first-order valence-corrected chi connectivity index (χ1v) is 7.51. The number of rotatable bonds is 9. The number of carbonyl (C=O) groups is 2. The van der Waals surface area contributed by atoms with Crippen molar-refractivity contribution in [1.29, 1.82) is 0 Å². The van der Waals surface area contributed by atoms with E-state index in [0.29, 0.717) is 0 Å². The predicted octanol–water partition coefficient (Wildman–Crippen LogP) is 2.53. The van der Waals surface area contributed by atoms with Gasteiger partial charge in [-0.25, -0.2) is 0 Å². The molecule has 4 nitrogen and oxygen atoms in total. The van der Waals surface area contributed by atoms with Gasteiger partial charge in [0.1, 0.15) is 0 Å². The number of hydrogen-bond acceptors (Lipinski definition) is 3. The maximum absolute atomic E-state index is 11.8. The van der Waals surface area contributed by atoms with Gasteiger partial charge in [-0.1, -0.05) is 20.8 Å². The first-order valence-electron chi connectivity index (χ1n) is 6.35. The third-order valence-electron chi connectivity index (χ3n) is 2.58. The van der Waals surface area contributed by atoms with Crippen LogP contribution in [-0.2, 0) is 9.59 Å². The molecule has 0 saturated heterocycles. The molecule has 0 aliphatic rings. The second kappa shape index (κ2) is 8.40. The topological polar surface area (TPSA) is 66.4 Å². The van der Waals surface area contributed by atoms with Gasteiger partial charge in [-0.3, -0.25) is 9.59 Å². The third-order valence-corrected chi connectivity index (χ3v) is 3.51. The first-order chi connectivity index (χ1) is 8.26. The van der Waals surface area contributed by atoms with Crippen molar-refractivity contribution >= 4 is 23.6 Å². The van der Waals surface area contributed by atoms with Gasteiger partial charge in [-0.15, -0.1) is 0 Å². The van der Waals surface area contributed by atoms with Crippen molar-refractivity contribution in [2.24, 2.45) is 5.41 Å². The van der Waals surface area contributed by atoms with Crippen molar-refractivity contribution in [3.63, 3.8) is 0 Å². The number of thioether (sulfide) groups is 1. The Morgan fingerprint density at radius 3 is 2.44 bits per heavy atom. The first kappa shape index (κ1) is 17.3. The van der Waals surface area contributed by atoms with E-state index in [0.717, 1.165) is 17.9 Å². The SMILES string of the molecule is CCSCCC(C)NC(=O)CC(C)(C)CC(=O)O. The van der Waals surface area contributed by atoms with Crippen molar-refractivity contribution in [3.05, 3.63) is 0 Å². The molecule has 0 fully saturated rings. The van der Waals surface area contributed by atoms with Gasteiger partial charge in [-0.05, 0) is 30.3 Å². The molecule has 0 aliphatic heterocycles. The van der Waals surface area contributed by atoms with Crippen LogP contribution in [0.1, 0.15) is 47.0 Å². The van der Waals surface area contributed by atoms with Crippen LogP contribution >= 0.6 is 11.8 Å². The molecule has 0 aromatic carbocycles. The summed E-state index contributed by atoms with van der Waals surface area (Å²) in [5, 5.41) is 11.7. The normalized spacial score (nSPS) is 13.1. The van der Waals surface area contributed by atoms with E-state index in [1.807, 2.05) is 18.7 Å². The number of carboxylic acid groups (broad SMARTS) is 1. The number of carboxylic acids is 1. The summed E-state index contributed by atoms with van der Waals surface area (Å²) in [7, 11) is 0. The highest BCUT2D eigenvalue weighted by atomic mass is 32.2. The van der Waals surface area contributed by atoms with Gasteiger partial charge in [0.15, 0.2) is 0 Å². The van der Waals surface area contributed by atoms with E-state index in [1.54, 1.807) is 13.8 Å². The molecule has 18 heavy (non-hydrogen) atoms. The lowest BCUT2D eigenvalue weighted by atomic mass is 9.85. The third kappa shape index (κ3) is 9.33. The Bertz CT molecular complexity index is 279. The highest BCUT2D eigenvalue weighted by Gasteiger charge is 2.25. The molecule has 1 unspecified atom stereocenters. The van der Waals surface area contributed by atoms with E-state index in [9.17, 15) is 9.59 Å². The van der Waals surface area contributed by atoms with E-state index in [1.165, 1.54) is 0 Å². The van der Waals surface area contributed by atoms with Crippen LogP contribution in [0.15, 0.2) is 0 Å². The summed E-state index contributed by atoms with van der Waals surface area (Å²) < 4.78 is 0. The molecule has 0 aromatic rings. The molecular weight excluding hydrogens is 250 g/mol. The van der Waals surface area contributed by atoms with Gasteiger partial charge < -0.3 is 10.4 Å². The number of aliphatic carboxylic acids is 1. The van der Waals surface area contributed by atoms with Crippen molar-refractivity contribution in [2.45, 2.75) is 53.0 Å². The molecule has 0 rings (SSSR count). The van der Waals surface area contributed by atoms with Gasteiger partial charge >= 0.3 is 5.97 Å². The lowest BCUT2D eigenvalue weighted by Crippen LogP contribution is -2.36. The van der Waals surface area contributed by atoms with Crippen LogP contribution in [0.2, 0.25) is 0 Å². The van der Waals surface area contributed by atoms with Crippen LogP contribution in [0.25, 0.3) is 0 Å². The minimum absolute atomic E-state index is 0.0144. The Hall–Kier alpha value is -0.710. The van der Waals surface area contributed by atoms with Gasteiger partial charge in [0.2, 0.25) is 5.91 Å². The van der Waals surface area contributed by atoms with Crippen LogP contribution in [0, 0.1) is 5.41 Å². The second-order valence-corrected chi connectivity index (χ2v) is 6.76. The van der Waals surface area contributed by atoms with E-state index in [-0.39, 0.29) is 24.8 Å². The average Bonchev–Trinajstić information content (AvgIpc) is 2.13. The molecule has 0 saturated carbocycles. The van der Waals surface area contributed by atoms with Gasteiger partial charge in [0.05, 0.1) is 6.42 Å². The predicted molar refractivity (Wildman–Crippen MR) is 75.9 cm³/mol. The van der Waals surface area contributed by atoms with E-state index >= 15 is 0 Å². The molecule has 1 atom stereocenters. The quantitative estimate of drug-likeness (QED) is 0.635. The summed E-state index contributed by atoms with van der Waals surface area (Å²) in [6.07, 6.45) is 1.22. The van der Waals surface area contributed by atoms with Crippen molar-refractivity contribution in [2.75, 3.05) is 11.5 Å². The number of nitrogens with one attached hydrogen (secondary N) is 1. The van der Waals surface area contributed by atoms with E-state index < -0.39 is 11.4 Å². The number of amides is 1. The lowest BCUT2D eigenvalue weighted by molar-refractivity contribution is -0.139. The van der Waals surface area contributed by atoms with Crippen LogP contribution in [0.5, 0.6) is 0 Å². The fourth-order valence-electron chi connectivity index (χ4n) is 1.71. The van der Waals surface area contributed by atoms with E-state index in [4.69, 9.17) is 5.11 Å². The highest BCUT2D eigenvalue weighted by Crippen LogP contribution is 2.24. The summed E-state index contributed by atoms with van der Waals surface area (Å²) in [6.45, 7) is 7.71. The molecule has 106 valence electrons. The Labute approximate surface area is 114 Å². The Balaban J connectivity index is 3.98. The van der Waals surface area contributed by atoms with Crippen LogP contribution in [-0.4, -0.2) is 34.5 Å². The molecule has 1 amide bonds. The molecule has 0 aliphatic carbocycles. The van der Waals surface area contributed by atoms with Crippen LogP contribution in [0.4, 0.5) is 0 Å². The Morgan fingerprint density at radius 2 is 1.94 bits per heavy atom. The summed E-state index contributed by atoms with van der Waals surface area (Å²) in [4.78, 5) is 22.4. The minimum atomic E-state index is -0.861. The van der Waals surface area contributed by atoms with E-state index in [2.05, 4.69) is 12.2 Å². The largest absolute Gasteiger partial charge is 0.481 e. The standard InChI is InChI=1S/C13H25NO3S/c1-5-18-7-6-10(2)14-11(15)8-13(3,4)9-12(16)17/h10H,5-9H2,1-4H3,(H,14,15)(H,16,17). The highest BCUT2D eigenvalue weighted by molar-refractivity contribution is 7.99. The Morgan fingerprint density at radius 1 is 1.33 bits per heavy atom. The molecular formula is C13H25NO3S. The molecule has 0 bridgehead atoms. The zero-order valence-corrected chi connectivity index (χ0v) is 12.6. The van der Waals surface area contributed by atoms with Gasteiger partial charge in [0.25, 0.3) is 0 Å². The minimum Gasteiger partial charge on any atom is -0.481 e. The number of hydrogen-bond donors (Lipinski definition) is 2. The molecule has 0 radical (unpaired) electrons. The second-order valence-electron chi connectivity index (χ2n) is 5.37. The zero-order valence-electron chi connectivity index (χ0n) is 11.8. The maximum atomic E-state index is 11.8. The fraction of sp³-hybridized carbons (Fsp3) is 0.846. The summed E-state index contributed by atoms with van der Waals surface area (Å²) in [5.74, 6) is 1.21. The Kier molecular flexibility index (Phi) is 8.07. The van der Waals surface area contributed by atoms with Crippen molar-refractivity contribution < 1.29 is 14.7 Å². The molecule has 0 spiro atoms. The molecule has 2 N–H and O–H groups in total. The van der Waals surface area contributed by atoms with Gasteiger partial charge in [0, 0.05) is 12.5 Å². The molecule has 5 heteroatoms. The van der Waals surface area contributed by atoms with Crippen LogP contribution in [0.3, 0.4) is 0 Å². The summed E-state index contributed by atoms with van der Waals surface area (Å²) in [5.41, 5.74) is -0.492. The lowest BCUT2D eigenvalue weighted by Gasteiger charge is -2.23. The smallest absolute Gasteiger partial charge is 0.303 e. The van der Waals surface area contributed by atoms with Crippen molar-refractivity contribution in [1.82, 2.24) is 5.32 Å². The zero-order chi connectivity index (χ0) is 14.2. The molecule has 0 heterocycles. The fourth-order valence-corrected chi connectivity index (χ4v) is 2.52. The number of carbonyl (C=O) groups excluding carboxylic acids is 1. The monoisotopic (exact) mass is 275 g/mol. The summed E-state index contributed by atoms with van der Waals surface area (Å²) in [6, 6.07) is 0.150. The van der Waals surface area contributed by atoms with Crippen molar-refractivity contribution in [3.8, 4) is 0 Å². The van der Waals surface area contributed by atoms with Gasteiger partial charge in [-0.2, -0.15) is 11.8 Å².